The molecule has 0 aliphatic heterocycles. The number of nitrogen functional groups attached to an aromatic ring is 1. The van der Waals surface area contributed by atoms with Crippen LogP contribution in [0.25, 0.3) is 0 Å². The van der Waals surface area contributed by atoms with Crippen LogP contribution in [0.4, 0.5) is 11.4 Å². The molecular formula is C22H31N3O2. The minimum absolute atomic E-state index is 0.118. The van der Waals surface area contributed by atoms with E-state index < -0.39 is 0 Å². The number of nitrogens with two attached hydrogens (primary N) is 1. The summed E-state index contributed by atoms with van der Waals surface area (Å²) in [5.41, 5.74) is 9.85. The molecule has 0 aromatic heterocycles. The molecule has 1 amide bonds. The maximum atomic E-state index is 13.4. The van der Waals surface area contributed by atoms with Crippen LogP contribution in [0.2, 0.25) is 0 Å². The Kier molecular flexibility index (Phi) is 7.67. The quantitative estimate of drug-likeness (QED) is 0.687. The van der Waals surface area contributed by atoms with Crippen LogP contribution in [0, 0.1) is 0 Å². The van der Waals surface area contributed by atoms with Gasteiger partial charge in [-0.1, -0.05) is 37.3 Å². The van der Waals surface area contributed by atoms with Gasteiger partial charge in [0.1, 0.15) is 0 Å². The van der Waals surface area contributed by atoms with Gasteiger partial charge in [0.25, 0.3) is 0 Å². The molecule has 1 atom stereocenters. The van der Waals surface area contributed by atoms with Gasteiger partial charge in [0, 0.05) is 45.7 Å². The van der Waals surface area contributed by atoms with Crippen LogP contribution in [-0.4, -0.2) is 45.2 Å². The molecule has 0 spiro atoms. The van der Waals surface area contributed by atoms with Crippen LogP contribution in [0.5, 0.6) is 0 Å². The van der Waals surface area contributed by atoms with Gasteiger partial charge in [0.15, 0.2) is 0 Å². The molecule has 0 radical (unpaired) electrons. The highest BCUT2D eigenvalue weighted by atomic mass is 16.5. The Morgan fingerprint density at radius 3 is 2.44 bits per heavy atom. The van der Waals surface area contributed by atoms with Gasteiger partial charge in [0.2, 0.25) is 5.91 Å². The lowest BCUT2D eigenvalue weighted by molar-refractivity contribution is -0.134. The number of ether oxygens (including phenoxy) is 1. The van der Waals surface area contributed by atoms with Crippen molar-refractivity contribution in [3.05, 3.63) is 59.7 Å². The van der Waals surface area contributed by atoms with Gasteiger partial charge < -0.3 is 20.3 Å². The van der Waals surface area contributed by atoms with Crippen molar-refractivity contribution in [3.63, 3.8) is 0 Å². The maximum absolute atomic E-state index is 13.4. The van der Waals surface area contributed by atoms with E-state index in [4.69, 9.17) is 10.5 Å². The van der Waals surface area contributed by atoms with Crippen LogP contribution < -0.4 is 10.6 Å². The second-order valence-corrected chi connectivity index (χ2v) is 6.91. The highest BCUT2D eigenvalue weighted by Crippen LogP contribution is 2.26. The largest absolute Gasteiger partial charge is 0.399 e. The van der Waals surface area contributed by atoms with Crippen LogP contribution in [0.15, 0.2) is 48.5 Å². The number of rotatable bonds is 9. The second-order valence-electron chi connectivity index (χ2n) is 6.91. The first-order valence-corrected chi connectivity index (χ1v) is 9.36. The third-order valence-corrected chi connectivity index (χ3v) is 4.73. The molecule has 5 nitrogen and oxygen atoms in total. The first-order valence-electron chi connectivity index (χ1n) is 9.36. The van der Waals surface area contributed by atoms with E-state index >= 15 is 0 Å². The first-order chi connectivity index (χ1) is 13.0. The summed E-state index contributed by atoms with van der Waals surface area (Å²) in [6.07, 6.45) is 0.754. The number of carbonyl (C=O) groups is 1. The van der Waals surface area contributed by atoms with E-state index in [1.54, 1.807) is 7.11 Å². The van der Waals surface area contributed by atoms with E-state index in [0.29, 0.717) is 25.4 Å². The van der Waals surface area contributed by atoms with E-state index in [-0.39, 0.29) is 11.8 Å². The number of methoxy groups -OCH3 is 1. The van der Waals surface area contributed by atoms with E-state index in [0.717, 1.165) is 23.2 Å². The molecule has 0 fully saturated rings. The van der Waals surface area contributed by atoms with Gasteiger partial charge in [0.05, 0.1) is 12.5 Å². The predicted molar refractivity (Wildman–Crippen MR) is 112 cm³/mol. The van der Waals surface area contributed by atoms with Crippen LogP contribution >= 0.6 is 0 Å². The molecule has 0 heterocycles. The zero-order valence-corrected chi connectivity index (χ0v) is 16.8. The summed E-state index contributed by atoms with van der Waals surface area (Å²) < 4.78 is 5.25. The van der Waals surface area contributed by atoms with Gasteiger partial charge in [-0.25, -0.2) is 0 Å². The van der Waals surface area contributed by atoms with Crippen molar-refractivity contribution in [2.24, 2.45) is 0 Å². The number of carbonyl (C=O) groups excluding carboxylic acids is 1. The zero-order valence-electron chi connectivity index (χ0n) is 16.8. The van der Waals surface area contributed by atoms with Crippen molar-refractivity contribution in [1.29, 1.82) is 0 Å². The van der Waals surface area contributed by atoms with Gasteiger partial charge in [-0.2, -0.15) is 0 Å². The SMILES string of the molecule is CCC(C(=O)N(CCOC)Cc1cc(N)ccc1N(C)C)c1ccccc1. The van der Waals surface area contributed by atoms with Crippen molar-refractivity contribution >= 4 is 17.3 Å². The highest BCUT2D eigenvalue weighted by Gasteiger charge is 2.25. The van der Waals surface area contributed by atoms with Gasteiger partial charge in [-0.15, -0.1) is 0 Å². The lowest BCUT2D eigenvalue weighted by Crippen LogP contribution is -2.37. The maximum Gasteiger partial charge on any atom is 0.230 e. The van der Waals surface area contributed by atoms with Crippen LogP contribution in [-0.2, 0) is 16.1 Å². The third kappa shape index (κ3) is 5.47. The summed E-state index contributed by atoms with van der Waals surface area (Å²) >= 11 is 0. The van der Waals surface area contributed by atoms with E-state index in [9.17, 15) is 4.79 Å². The molecule has 2 aromatic rings. The molecule has 2 rings (SSSR count). The topological polar surface area (TPSA) is 58.8 Å². The van der Waals surface area contributed by atoms with E-state index in [2.05, 4.69) is 6.92 Å². The van der Waals surface area contributed by atoms with Gasteiger partial charge in [-0.05, 0) is 35.7 Å². The lowest BCUT2D eigenvalue weighted by atomic mass is 9.94. The van der Waals surface area contributed by atoms with Crippen molar-refractivity contribution < 1.29 is 9.53 Å². The average molecular weight is 370 g/mol. The number of anilines is 2. The Morgan fingerprint density at radius 1 is 1.15 bits per heavy atom. The second kappa shape index (κ2) is 9.97. The molecule has 1 unspecified atom stereocenters. The van der Waals surface area contributed by atoms with Crippen molar-refractivity contribution in [3.8, 4) is 0 Å². The van der Waals surface area contributed by atoms with Gasteiger partial charge in [-0.3, -0.25) is 4.79 Å². The normalized spacial score (nSPS) is 11.9. The Labute approximate surface area is 162 Å². The number of hydrogen-bond acceptors (Lipinski definition) is 4. The fourth-order valence-electron chi connectivity index (χ4n) is 3.30. The van der Waals surface area contributed by atoms with Crippen LogP contribution in [0.1, 0.15) is 30.4 Å². The number of hydrogen-bond donors (Lipinski definition) is 1. The smallest absolute Gasteiger partial charge is 0.230 e. The van der Waals surface area contributed by atoms with Gasteiger partial charge >= 0.3 is 0 Å². The Balaban J connectivity index is 2.32. The summed E-state index contributed by atoms with van der Waals surface area (Å²) in [5.74, 6) is -0.0418. The molecule has 0 aliphatic carbocycles. The number of amides is 1. The van der Waals surface area contributed by atoms with Crippen molar-refractivity contribution in [1.82, 2.24) is 4.90 Å². The summed E-state index contributed by atoms with van der Waals surface area (Å²) in [6.45, 7) is 3.59. The molecule has 2 aromatic carbocycles. The lowest BCUT2D eigenvalue weighted by Gasteiger charge is -2.29. The minimum atomic E-state index is -0.160. The zero-order chi connectivity index (χ0) is 19.8. The predicted octanol–water partition coefficient (Wildman–Crippen LogP) is 3.50. The molecule has 0 saturated heterocycles. The molecule has 146 valence electrons. The van der Waals surface area contributed by atoms with Crippen molar-refractivity contribution in [2.75, 3.05) is 45.0 Å². The Bertz CT molecular complexity index is 732. The molecule has 0 aliphatic rings. The standard InChI is InChI=1S/C22H31N3O2/c1-5-20(17-9-7-6-8-10-17)22(26)25(13-14-27-4)16-18-15-19(23)11-12-21(18)24(2)3/h6-12,15,20H,5,13-14,16,23H2,1-4H3. The number of nitrogens with zero attached hydrogens (tertiary/aromatic N) is 2. The summed E-state index contributed by atoms with van der Waals surface area (Å²) in [5, 5.41) is 0. The molecule has 5 heteroatoms. The summed E-state index contributed by atoms with van der Waals surface area (Å²) in [6, 6.07) is 15.8. The molecule has 27 heavy (non-hydrogen) atoms. The summed E-state index contributed by atoms with van der Waals surface area (Å²) in [4.78, 5) is 17.3. The van der Waals surface area contributed by atoms with E-state index in [1.165, 1.54) is 0 Å². The Morgan fingerprint density at radius 2 is 1.85 bits per heavy atom. The highest BCUT2D eigenvalue weighted by molar-refractivity contribution is 5.84. The summed E-state index contributed by atoms with van der Waals surface area (Å²) in [7, 11) is 5.65. The third-order valence-electron chi connectivity index (χ3n) is 4.73. The monoisotopic (exact) mass is 369 g/mol. The molecule has 0 saturated carbocycles. The molecule has 2 N–H and O–H groups in total. The average Bonchev–Trinajstić information content (AvgIpc) is 2.66. The van der Waals surface area contributed by atoms with Crippen LogP contribution in [0.3, 0.4) is 0 Å². The minimum Gasteiger partial charge on any atom is -0.399 e. The van der Waals surface area contributed by atoms with Crippen molar-refractivity contribution in [2.45, 2.75) is 25.8 Å². The fourth-order valence-corrected chi connectivity index (χ4v) is 3.30. The van der Waals surface area contributed by atoms with E-state index in [1.807, 2.05) is 72.4 Å². The molecular weight excluding hydrogens is 338 g/mol. The Hall–Kier alpha value is -2.53. The first kappa shape index (κ1) is 20.8. The molecule has 0 bridgehead atoms. The number of benzene rings is 2. The fraction of sp³-hybridized carbons (Fsp3) is 0.409.